The van der Waals surface area contributed by atoms with E-state index in [1.54, 1.807) is 43.4 Å². The summed E-state index contributed by atoms with van der Waals surface area (Å²) >= 11 is 0. The lowest BCUT2D eigenvalue weighted by molar-refractivity contribution is -0.137. The Morgan fingerprint density at radius 1 is 0.380 bits per heavy atom. The Labute approximate surface area is 930 Å². The molecule has 2 N–H and O–H groups in total. The van der Waals surface area contributed by atoms with Gasteiger partial charge in [-0.3, -0.25) is 48.7 Å². The number of ketones is 2. The SMILES string of the molecule is C=C(/C=C/CN(C)CC(=O)O)CC(C)C.C=C(/C=C/CN(C)OC)CC(C)C.C=C(/C=C/CN1CCN(C)CC1)CC(C)C.C=C(/C=C/CN1CCN(C2CC2)CC1)CC(C)C.C=C(/C=C/CN1CCN(CCOC)CC1)CC(C)C.C=C(/C=C/CN1CCOCC1)CC(C)C.C=C(/C=C/CO)CC(C)C.C=C(C#C[Si](C)(C)C)CC(C)C.C=C(C#C[Si](C)(C)C)CC(C)C.C=CC(=O)CC(C)C.CC(C)CC(=O)/C=C/CN(C)C. The normalized spacial score (nSPS) is 15.2. The Bertz CT molecular complexity index is 3930. The largest absolute Gasteiger partial charge is 0.480 e. The van der Waals surface area contributed by atoms with E-state index < -0.39 is 22.1 Å². The highest BCUT2D eigenvalue weighted by Crippen LogP contribution is 2.28. The summed E-state index contributed by atoms with van der Waals surface area (Å²) in [5.74, 6) is 12.9. The topological polar surface area (TPSA) is 152 Å². The van der Waals surface area contributed by atoms with Crippen molar-refractivity contribution in [3.05, 3.63) is 219 Å². The molecule has 0 aromatic carbocycles. The average molecular weight is 2120 g/mol. The molecule has 4 aliphatic heterocycles. The Morgan fingerprint density at radius 2 is 0.667 bits per heavy atom. The van der Waals surface area contributed by atoms with Crippen molar-refractivity contribution in [2.45, 2.75) is 281 Å². The number of carboxylic acids is 1. The fourth-order valence-electron chi connectivity index (χ4n) is 14.9. The van der Waals surface area contributed by atoms with Gasteiger partial charge in [0.15, 0.2) is 11.6 Å². The molecule has 20 heteroatoms. The van der Waals surface area contributed by atoms with Crippen LogP contribution in [0.15, 0.2) is 219 Å². The summed E-state index contributed by atoms with van der Waals surface area (Å²) in [6, 6.07) is 0.938. The molecule has 5 aliphatic rings. The van der Waals surface area contributed by atoms with Crippen LogP contribution in [0.25, 0.3) is 0 Å². The maximum Gasteiger partial charge on any atom is 0.317 e. The van der Waals surface area contributed by atoms with Gasteiger partial charge < -0.3 is 34.3 Å². The zero-order valence-electron chi connectivity index (χ0n) is 104. The summed E-state index contributed by atoms with van der Waals surface area (Å²) in [6.07, 6.45) is 48.1. The molecule has 0 unspecified atom stereocenters. The fraction of sp³-hybridized carbons (Fsp3) is 0.669. The summed E-state index contributed by atoms with van der Waals surface area (Å²) in [7, 11) is 10.9. The second-order valence-corrected chi connectivity index (χ2v) is 57.5. The molecule has 1 saturated carbocycles. The van der Waals surface area contributed by atoms with E-state index in [9.17, 15) is 14.4 Å². The lowest BCUT2D eigenvalue weighted by atomic mass is 10.0. The van der Waals surface area contributed by atoms with Crippen LogP contribution in [-0.2, 0) is 28.7 Å². The maximum absolute atomic E-state index is 11.1. The van der Waals surface area contributed by atoms with Crippen molar-refractivity contribution in [1.82, 2.24) is 49.2 Å². The molecule has 0 bridgehead atoms. The number of hydrogen-bond donors (Lipinski definition) is 2. The monoisotopic (exact) mass is 2120 g/mol. The molecule has 0 amide bonds. The first kappa shape index (κ1) is 154. The molecule has 18 nitrogen and oxygen atoms in total. The minimum absolute atomic E-state index is 0.0704. The molecular weight excluding hydrogens is 1890 g/mol. The van der Waals surface area contributed by atoms with Gasteiger partial charge in [-0.05, 0) is 187 Å². The van der Waals surface area contributed by atoms with Gasteiger partial charge in [-0.25, -0.2) is 0 Å². The molecule has 0 spiro atoms. The van der Waals surface area contributed by atoms with Crippen LogP contribution in [0.3, 0.4) is 0 Å². The van der Waals surface area contributed by atoms with Gasteiger partial charge in [0.05, 0.1) is 40.1 Å². The Balaban J connectivity index is -0.000000383. The van der Waals surface area contributed by atoms with Gasteiger partial charge in [-0.1, -0.05) is 399 Å². The van der Waals surface area contributed by atoms with E-state index in [1.807, 2.05) is 64.2 Å². The molecule has 5 rings (SSSR count). The van der Waals surface area contributed by atoms with Crippen LogP contribution in [0.4, 0.5) is 0 Å². The zero-order chi connectivity index (χ0) is 116. The van der Waals surface area contributed by atoms with Gasteiger partial charge in [-0.15, -0.1) is 11.1 Å². The molecular formula is C130H236N10O8Si2. The van der Waals surface area contributed by atoms with Gasteiger partial charge in [0.25, 0.3) is 0 Å². The molecule has 1 aliphatic carbocycles. The highest BCUT2D eigenvalue weighted by molar-refractivity contribution is 6.84. The van der Waals surface area contributed by atoms with Gasteiger partial charge in [0.1, 0.15) is 16.1 Å². The van der Waals surface area contributed by atoms with Crippen molar-refractivity contribution in [2.24, 2.45) is 65.1 Å². The molecule has 4 heterocycles. The second kappa shape index (κ2) is 96.7. The number of piperazine rings is 3. The summed E-state index contributed by atoms with van der Waals surface area (Å²) in [6.45, 7) is 128. The number of hydroxylamine groups is 2. The maximum atomic E-state index is 11.1. The van der Waals surface area contributed by atoms with E-state index in [0.717, 1.165) is 191 Å². The number of methoxy groups -OCH3 is 1. The number of nitrogens with zero attached hydrogens (tertiary/aromatic N) is 10. The van der Waals surface area contributed by atoms with Crippen molar-refractivity contribution >= 4 is 33.7 Å². The lowest BCUT2D eigenvalue weighted by Gasteiger charge is -2.34. The van der Waals surface area contributed by atoms with E-state index >= 15 is 0 Å². The van der Waals surface area contributed by atoms with Crippen molar-refractivity contribution in [1.29, 1.82) is 0 Å². The van der Waals surface area contributed by atoms with Crippen LogP contribution in [0.1, 0.15) is 236 Å². The van der Waals surface area contributed by atoms with Crippen LogP contribution >= 0.6 is 0 Å². The molecule has 0 atom stereocenters. The lowest BCUT2D eigenvalue weighted by Crippen LogP contribution is -2.47. The Hall–Kier alpha value is -6.88. The van der Waals surface area contributed by atoms with Gasteiger partial charge >= 0.3 is 5.97 Å². The van der Waals surface area contributed by atoms with Crippen LogP contribution in [0, 0.1) is 88.0 Å². The van der Waals surface area contributed by atoms with Crippen molar-refractivity contribution in [3.63, 3.8) is 0 Å². The number of carbonyl (C=O) groups excluding carboxylic acids is 2. The fourth-order valence-corrected chi connectivity index (χ4v) is 16.1. The van der Waals surface area contributed by atoms with Crippen molar-refractivity contribution in [2.75, 3.05) is 226 Å². The third-order valence-electron chi connectivity index (χ3n) is 22.2. The van der Waals surface area contributed by atoms with Crippen molar-refractivity contribution in [3.8, 4) is 22.9 Å². The summed E-state index contributed by atoms with van der Waals surface area (Å²) in [5.41, 5.74) is 17.2. The number of ether oxygens (including phenoxy) is 2. The number of morpholine rings is 1. The van der Waals surface area contributed by atoms with Crippen LogP contribution in [-0.4, -0.2) is 326 Å². The van der Waals surface area contributed by atoms with Crippen LogP contribution in [0.2, 0.25) is 39.3 Å². The molecule has 4 saturated heterocycles. The minimum atomic E-state index is -1.19. The van der Waals surface area contributed by atoms with Crippen molar-refractivity contribution < 1.29 is 38.9 Å². The standard InChI is InChI=1S/C16H30N2O.C16H28N2.C14H26N2.C13H23NO.C12H21NO2.C11H21NO.2C11H20Si.C10H19NO.C9H16O.C7H12O/c1-15(2)14-16(3)6-5-7-17-8-10-18(11-9-17)12-13-19-4;1-14(2)13-15(3)5-4-8-17-9-11-18(12-10-17)16-6-7-16;1-13(2)12-14(3)6-5-7-16-10-8-15(4)9-11-16;1-12(2)11-13(3)5-4-6-14-7-9-15-10-8-14;1-10(2)8-11(3)6-5-7-13(4)9-12(14)15;1-10(2)9-11(3)7-6-8-12(4)13-5;2*1-10(2)9-11(3)7-8-12(4,5)6;1-9(2)8-10(12)6-5-7-11(3)4;1-8(2)7-9(3)5-4-6-10;1-4-7(8)5-6(2)3/h5-6,15H,3,7-14H2,1-2,4H3;4-5,14,16H,3,6-13H2,1-2H3;5-6,13H,3,7-12H2,1-2,4H3;4-5,12H,3,6-11H2,1-2H3;5-6,10H,3,7-9H2,1-2,4H3,(H,14,15);6-7,10H,3,8-9H2,1-2,4-5H3;2*10H,3,9H2,1-2,4-6H3;5-6,9H,7-8H2,1-4H3;4-5,8,10H,3,6-7H2,1-2H3;4,6H,1,5H2,2-3H3/b6-5+;5-4+;6-5+;5-4+;6-5+;7-6+;;;6-5+;5-4+;. The zero-order valence-corrected chi connectivity index (χ0v) is 106. The molecule has 150 heavy (non-hydrogen) atoms. The Kier molecular flexibility index (Phi) is 99.1. The quantitative estimate of drug-likeness (QED) is 0.0195. The second-order valence-electron chi connectivity index (χ2n) is 48.0. The number of carboxylic acid groups (broad SMARTS) is 1. The number of aliphatic hydroxyl groups is 1. The van der Waals surface area contributed by atoms with Crippen LogP contribution < -0.4 is 0 Å². The first-order valence-corrected chi connectivity index (χ1v) is 63.7. The summed E-state index contributed by atoms with van der Waals surface area (Å²) in [4.78, 5) is 58.2. The summed E-state index contributed by atoms with van der Waals surface area (Å²) < 4.78 is 10.4. The number of likely N-dealkylation sites (N-methyl/N-ethyl adjacent to an activating group) is 4. The number of aliphatic carboxylic acids is 1. The summed E-state index contributed by atoms with van der Waals surface area (Å²) in [5, 5.41) is 18.7. The van der Waals surface area contributed by atoms with Gasteiger partial charge in [0.2, 0.25) is 0 Å². The van der Waals surface area contributed by atoms with E-state index in [1.165, 1.54) is 99.1 Å². The van der Waals surface area contributed by atoms with Gasteiger partial charge in [-0.2, -0.15) is 5.06 Å². The van der Waals surface area contributed by atoms with E-state index in [4.69, 9.17) is 24.5 Å². The number of carbonyl (C=O) groups is 3. The van der Waals surface area contributed by atoms with E-state index in [2.05, 4.69) is 369 Å². The highest BCUT2D eigenvalue weighted by atomic mass is 28.3. The molecule has 0 aromatic heterocycles. The van der Waals surface area contributed by atoms with E-state index in [0.29, 0.717) is 84.5 Å². The molecule has 862 valence electrons. The van der Waals surface area contributed by atoms with E-state index in [-0.39, 0.29) is 24.7 Å². The first-order valence-electron chi connectivity index (χ1n) is 56.7. The first-order chi connectivity index (χ1) is 70.0. The number of aliphatic hydroxyl groups excluding tert-OH is 1. The molecule has 0 radical (unpaired) electrons. The highest BCUT2D eigenvalue weighted by Gasteiger charge is 2.31. The van der Waals surface area contributed by atoms with Gasteiger partial charge in [0, 0.05) is 177 Å². The smallest absolute Gasteiger partial charge is 0.317 e. The van der Waals surface area contributed by atoms with Crippen LogP contribution in [0.5, 0.6) is 0 Å². The third-order valence-corrected chi connectivity index (χ3v) is 24.0. The number of rotatable bonds is 53. The predicted octanol–water partition coefficient (Wildman–Crippen LogP) is 27.6. The molecule has 0 aromatic rings. The number of allylic oxidation sites excluding steroid dienone is 18. The molecule has 5 fully saturated rings. The number of hydrogen-bond acceptors (Lipinski definition) is 17. The average Bonchev–Trinajstić information content (AvgIpc) is 1.71. The minimum Gasteiger partial charge on any atom is -0.480 e. The Morgan fingerprint density at radius 3 is 0.947 bits per heavy atom. The third kappa shape index (κ3) is 120. The predicted molar refractivity (Wildman–Crippen MR) is 669 cm³/mol.